The molecule has 0 aliphatic carbocycles. The van der Waals surface area contributed by atoms with Crippen molar-refractivity contribution in [2.75, 3.05) is 13.2 Å². The summed E-state index contributed by atoms with van der Waals surface area (Å²) in [7, 11) is 1.90. The normalized spacial score (nSPS) is 10.4. The Bertz CT molecular complexity index is 324. The van der Waals surface area contributed by atoms with Gasteiger partial charge in [-0.25, -0.2) is 0 Å². The lowest BCUT2D eigenvalue weighted by molar-refractivity contribution is -0.143. The SMILES string of the molecule is CCOC(=O)CCCNCc1nncn1C. The Kier molecular flexibility index (Phi) is 5.49. The van der Waals surface area contributed by atoms with E-state index in [9.17, 15) is 4.79 Å². The smallest absolute Gasteiger partial charge is 0.305 e. The van der Waals surface area contributed by atoms with E-state index >= 15 is 0 Å². The molecule has 0 bridgehead atoms. The number of carbonyl (C=O) groups excluding carboxylic acids is 1. The fourth-order valence-corrected chi connectivity index (χ4v) is 1.26. The standard InChI is InChI=1S/C10H18N4O2/c1-3-16-10(15)5-4-6-11-7-9-13-12-8-14(9)2/h8,11H,3-7H2,1-2H3. The van der Waals surface area contributed by atoms with Gasteiger partial charge in [0.25, 0.3) is 0 Å². The largest absolute Gasteiger partial charge is 0.466 e. The second-order valence-corrected chi connectivity index (χ2v) is 3.44. The number of rotatable bonds is 7. The van der Waals surface area contributed by atoms with Crippen LogP contribution in [0.15, 0.2) is 6.33 Å². The van der Waals surface area contributed by atoms with E-state index in [1.54, 1.807) is 6.33 Å². The summed E-state index contributed by atoms with van der Waals surface area (Å²) in [6, 6.07) is 0. The minimum absolute atomic E-state index is 0.136. The molecule has 0 fully saturated rings. The lowest BCUT2D eigenvalue weighted by Gasteiger charge is -2.04. The van der Waals surface area contributed by atoms with Gasteiger partial charge in [0.2, 0.25) is 0 Å². The van der Waals surface area contributed by atoms with Gasteiger partial charge >= 0.3 is 5.97 Å². The first kappa shape index (κ1) is 12.6. The molecule has 0 unspecified atom stereocenters. The minimum atomic E-state index is -0.136. The molecule has 1 N–H and O–H groups in total. The number of nitrogens with zero attached hydrogens (tertiary/aromatic N) is 3. The van der Waals surface area contributed by atoms with E-state index < -0.39 is 0 Å². The monoisotopic (exact) mass is 226 g/mol. The molecular weight excluding hydrogens is 208 g/mol. The zero-order valence-electron chi connectivity index (χ0n) is 9.77. The Morgan fingerprint density at radius 2 is 2.44 bits per heavy atom. The quantitative estimate of drug-likeness (QED) is 0.533. The molecule has 0 aliphatic heterocycles. The Hall–Kier alpha value is -1.43. The molecule has 6 nitrogen and oxygen atoms in total. The van der Waals surface area contributed by atoms with Gasteiger partial charge in [-0.15, -0.1) is 10.2 Å². The number of ether oxygens (including phenoxy) is 1. The number of hydrogen-bond donors (Lipinski definition) is 1. The number of hydrogen-bond acceptors (Lipinski definition) is 5. The lowest BCUT2D eigenvalue weighted by atomic mass is 10.3. The van der Waals surface area contributed by atoms with E-state index in [-0.39, 0.29) is 5.97 Å². The van der Waals surface area contributed by atoms with Crippen molar-refractivity contribution < 1.29 is 9.53 Å². The zero-order valence-corrected chi connectivity index (χ0v) is 9.77. The molecule has 6 heteroatoms. The predicted molar refractivity (Wildman–Crippen MR) is 58.6 cm³/mol. The molecule has 1 heterocycles. The molecule has 0 saturated carbocycles. The third-order valence-corrected chi connectivity index (χ3v) is 2.13. The van der Waals surface area contributed by atoms with Gasteiger partial charge in [0.15, 0.2) is 0 Å². The number of aromatic nitrogens is 3. The van der Waals surface area contributed by atoms with Crippen molar-refractivity contribution in [1.82, 2.24) is 20.1 Å². The summed E-state index contributed by atoms with van der Waals surface area (Å²) in [6.45, 7) is 3.69. The van der Waals surface area contributed by atoms with E-state index in [4.69, 9.17) is 4.74 Å². The molecule has 1 aromatic rings. The van der Waals surface area contributed by atoms with Crippen LogP contribution in [0.3, 0.4) is 0 Å². The van der Waals surface area contributed by atoms with E-state index in [1.165, 1.54) is 0 Å². The van der Waals surface area contributed by atoms with E-state index in [2.05, 4.69) is 15.5 Å². The Labute approximate surface area is 95.0 Å². The number of aryl methyl sites for hydroxylation is 1. The van der Waals surface area contributed by atoms with Gasteiger partial charge in [0.05, 0.1) is 13.2 Å². The Morgan fingerprint density at radius 3 is 3.06 bits per heavy atom. The molecule has 0 amide bonds. The van der Waals surface area contributed by atoms with Gasteiger partial charge in [-0.2, -0.15) is 0 Å². The molecule has 0 saturated heterocycles. The van der Waals surface area contributed by atoms with Crippen LogP contribution < -0.4 is 5.32 Å². The molecule has 1 aromatic heterocycles. The summed E-state index contributed by atoms with van der Waals surface area (Å²) in [4.78, 5) is 11.0. The maximum atomic E-state index is 11.0. The highest BCUT2D eigenvalue weighted by atomic mass is 16.5. The van der Waals surface area contributed by atoms with Gasteiger partial charge in [-0.05, 0) is 19.9 Å². The van der Waals surface area contributed by atoms with Gasteiger partial charge in [0.1, 0.15) is 12.2 Å². The molecule has 0 spiro atoms. The van der Waals surface area contributed by atoms with E-state index in [0.717, 1.165) is 18.8 Å². The van der Waals surface area contributed by atoms with Crippen molar-refractivity contribution in [3.05, 3.63) is 12.2 Å². The van der Waals surface area contributed by atoms with Gasteiger partial charge < -0.3 is 14.6 Å². The van der Waals surface area contributed by atoms with Crippen LogP contribution in [0.25, 0.3) is 0 Å². The van der Waals surface area contributed by atoms with Crippen molar-refractivity contribution >= 4 is 5.97 Å². The van der Waals surface area contributed by atoms with Gasteiger partial charge in [-0.3, -0.25) is 4.79 Å². The van der Waals surface area contributed by atoms with Crippen molar-refractivity contribution in [2.24, 2.45) is 7.05 Å². The summed E-state index contributed by atoms with van der Waals surface area (Å²) in [5.74, 6) is 0.749. The molecule has 0 aliphatic rings. The summed E-state index contributed by atoms with van der Waals surface area (Å²) in [5, 5.41) is 10.9. The average Bonchev–Trinajstić information content (AvgIpc) is 2.64. The minimum Gasteiger partial charge on any atom is -0.466 e. The van der Waals surface area contributed by atoms with Crippen LogP contribution in [0.4, 0.5) is 0 Å². The first-order valence-corrected chi connectivity index (χ1v) is 5.43. The molecule has 0 aromatic carbocycles. The second-order valence-electron chi connectivity index (χ2n) is 3.44. The lowest BCUT2D eigenvalue weighted by Crippen LogP contribution is -2.18. The van der Waals surface area contributed by atoms with Crippen molar-refractivity contribution in [3.63, 3.8) is 0 Å². The Morgan fingerprint density at radius 1 is 1.62 bits per heavy atom. The third-order valence-electron chi connectivity index (χ3n) is 2.13. The predicted octanol–water partition coefficient (Wildman–Crippen LogP) is 0.248. The van der Waals surface area contributed by atoms with Crippen LogP contribution in [-0.2, 0) is 23.1 Å². The summed E-state index contributed by atoms with van der Waals surface area (Å²) >= 11 is 0. The van der Waals surface area contributed by atoms with E-state index in [0.29, 0.717) is 19.6 Å². The topological polar surface area (TPSA) is 69.0 Å². The number of esters is 1. The zero-order chi connectivity index (χ0) is 11.8. The highest BCUT2D eigenvalue weighted by Crippen LogP contribution is 1.93. The Balaban J connectivity index is 2.04. The van der Waals surface area contributed by atoms with Crippen LogP contribution in [-0.4, -0.2) is 33.9 Å². The highest BCUT2D eigenvalue weighted by Gasteiger charge is 2.02. The van der Waals surface area contributed by atoms with E-state index in [1.807, 2.05) is 18.5 Å². The second kappa shape index (κ2) is 6.95. The summed E-state index contributed by atoms with van der Waals surface area (Å²) in [5.41, 5.74) is 0. The summed E-state index contributed by atoms with van der Waals surface area (Å²) < 4.78 is 6.68. The summed E-state index contributed by atoms with van der Waals surface area (Å²) in [6.07, 6.45) is 2.89. The molecule has 0 atom stereocenters. The fraction of sp³-hybridized carbons (Fsp3) is 0.700. The highest BCUT2D eigenvalue weighted by molar-refractivity contribution is 5.69. The first-order valence-electron chi connectivity index (χ1n) is 5.43. The first-order chi connectivity index (χ1) is 7.74. The molecule has 16 heavy (non-hydrogen) atoms. The van der Waals surface area contributed by atoms with Crippen LogP contribution in [0, 0.1) is 0 Å². The third kappa shape index (κ3) is 4.39. The van der Waals surface area contributed by atoms with Gasteiger partial charge in [0, 0.05) is 13.5 Å². The van der Waals surface area contributed by atoms with Crippen molar-refractivity contribution in [1.29, 1.82) is 0 Å². The average molecular weight is 226 g/mol. The van der Waals surface area contributed by atoms with Crippen LogP contribution in [0.5, 0.6) is 0 Å². The van der Waals surface area contributed by atoms with Crippen LogP contribution >= 0.6 is 0 Å². The van der Waals surface area contributed by atoms with Crippen molar-refractivity contribution in [2.45, 2.75) is 26.3 Å². The maximum Gasteiger partial charge on any atom is 0.305 e. The molecule has 0 radical (unpaired) electrons. The molecule has 1 rings (SSSR count). The van der Waals surface area contributed by atoms with Crippen molar-refractivity contribution in [3.8, 4) is 0 Å². The fourth-order valence-electron chi connectivity index (χ4n) is 1.26. The van der Waals surface area contributed by atoms with Crippen LogP contribution in [0.1, 0.15) is 25.6 Å². The molecule has 90 valence electrons. The number of nitrogens with one attached hydrogen (secondary N) is 1. The van der Waals surface area contributed by atoms with Gasteiger partial charge in [-0.1, -0.05) is 0 Å². The molecular formula is C10H18N4O2. The van der Waals surface area contributed by atoms with Crippen LogP contribution in [0.2, 0.25) is 0 Å². The maximum absolute atomic E-state index is 11.0. The number of carbonyl (C=O) groups is 1.